The van der Waals surface area contributed by atoms with E-state index in [9.17, 15) is 0 Å². The van der Waals surface area contributed by atoms with Gasteiger partial charge in [0, 0.05) is 17.9 Å². The number of rotatable bonds is 0. The lowest BCUT2D eigenvalue weighted by atomic mass is 10.4. The standard InChI is InChI=1S/C8H7N.ClH/c1-2-6-9-7-3-5-8(9)4-1;/h1-7H;1H. The summed E-state index contributed by atoms with van der Waals surface area (Å²) < 4.78 is 2.08. The van der Waals surface area contributed by atoms with E-state index in [-0.39, 0.29) is 12.4 Å². The number of fused-ring (bicyclic) bond motifs is 1. The van der Waals surface area contributed by atoms with E-state index < -0.39 is 0 Å². The van der Waals surface area contributed by atoms with Crippen molar-refractivity contribution in [3.63, 3.8) is 0 Å². The third kappa shape index (κ3) is 1.00. The Morgan fingerprint density at radius 3 is 2.40 bits per heavy atom. The molecule has 0 aliphatic rings. The van der Waals surface area contributed by atoms with Gasteiger partial charge in [0.2, 0.25) is 0 Å². The summed E-state index contributed by atoms with van der Waals surface area (Å²) >= 11 is 0. The van der Waals surface area contributed by atoms with Gasteiger partial charge in [-0.05, 0) is 24.3 Å². The third-order valence-electron chi connectivity index (χ3n) is 1.44. The van der Waals surface area contributed by atoms with Crippen LogP contribution in [0.4, 0.5) is 0 Å². The fraction of sp³-hybridized carbons (Fsp3) is 0. The first-order valence-corrected chi connectivity index (χ1v) is 2.98. The maximum Gasteiger partial charge on any atom is 0.0449 e. The number of halogens is 1. The molecule has 2 rings (SSSR count). The molecule has 0 aliphatic carbocycles. The molecule has 1 nitrogen and oxygen atoms in total. The maximum absolute atomic E-state index is 2.08. The summed E-state index contributed by atoms with van der Waals surface area (Å²) in [6.45, 7) is 0. The first kappa shape index (κ1) is 7.16. The monoisotopic (exact) mass is 153 g/mol. The van der Waals surface area contributed by atoms with Crippen LogP contribution < -0.4 is 0 Å². The minimum atomic E-state index is 0. The summed E-state index contributed by atoms with van der Waals surface area (Å²) in [6.07, 6.45) is 4.07. The average molecular weight is 154 g/mol. The number of nitrogens with zero attached hydrogens (tertiary/aromatic N) is 1. The molecule has 2 heterocycles. The van der Waals surface area contributed by atoms with Crippen LogP contribution in [-0.2, 0) is 0 Å². The zero-order valence-corrected chi connectivity index (χ0v) is 6.21. The van der Waals surface area contributed by atoms with Crippen molar-refractivity contribution in [2.24, 2.45) is 0 Å². The van der Waals surface area contributed by atoms with Crippen molar-refractivity contribution in [2.75, 3.05) is 0 Å². The van der Waals surface area contributed by atoms with Crippen LogP contribution in [0.3, 0.4) is 0 Å². The maximum atomic E-state index is 2.08. The number of hydrogen-bond acceptors (Lipinski definition) is 0. The fourth-order valence-corrected chi connectivity index (χ4v) is 0.980. The molecule has 0 saturated heterocycles. The summed E-state index contributed by atoms with van der Waals surface area (Å²) in [7, 11) is 0. The van der Waals surface area contributed by atoms with Crippen molar-refractivity contribution in [1.82, 2.24) is 4.40 Å². The highest BCUT2D eigenvalue weighted by molar-refractivity contribution is 5.85. The van der Waals surface area contributed by atoms with Crippen LogP contribution in [0, 0.1) is 0 Å². The molecule has 0 unspecified atom stereocenters. The van der Waals surface area contributed by atoms with Gasteiger partial charge < -0.3 is 4.40 Å². The largest absolute Gasteiger partial charge is 0.324 e. The van der Waals surface area contributed by atoms with Crippen molar-refractivity contribution in [3.05, 3.63) is 42.7 Å². The molecule has 2 heteroatoms. The molecule has 10 heavy (non-hydrogen) atoms. The zero-order chi connectivity index (χ0) is 6.10. The van der Waals surface area contributed by atoms with Crippen molar-refractivity contribution >= 4 is 17.9 Å². The lowest BCUT2D eigenvalue weighted by Gasteiger charge is -1.88. The van der Waals surface area contributed by atoms with Crippen LogP contribution in [0.5, 0.6) is 0 Å². The van der Waals surface area contributed by atoms with Gasteiger partial charge in [-0.25, -0.2) is 0 Å². The Morgan fingerprint density at radius 2 is 1.60 bits per heavy atom. The SMILES string of the molecule is Cl.c1ccn2cccc2c1. The molecule has 0 saturated carbocycles. The zero-order valence-electron chi connectivity index (χ0n) is 5.40. The van der Waals surface area contributed by atoms with Gasteiger partial charge in [-0.15, -0.1) is 12.4 Å². The molecule has 0 fully saturated rings. The van der Waals surface area contributed by atoms with Crippen LogP contribution in [0.25, 0.3) is 5.52 Å². The summed E-state index contributed by atoms with van der Waals surface area (Å²) in [4.78, 5) is 0. The average Bonchev–Trinajstić information content (AvgIpc) is 2.33. The Morgan fingerprint density at radius 1 is 0.900 bits per heavy atom. The molecule has 2 aromatic heterocycles. The Labute approximate surface area is 65.7 Å². The Kier molecular flexibility index (Phi) is 1.97. The van der Waals surface area contributed by atoms with Crippen LogP contribution >= 0.6 is 12.4 Å². The van der Waals surface area contributed by atoms with E-state index in [4.69, 9.17) is 0 Å². The Bertz CT molecular complexity index is 283. The number of aromatic nitrogens is 1. The fourth-order valence-electron chi connectivity index (χ4n) is 0.980. The van der Waals surface area contributed by atoms with E-state index in [0.29, 0.717) is 0 Å². The second-order valence-corrected chi connectivity index (χ2v) is 2.04. The van der Waals surface area contributed by atoms with Gasteiger partial charge in [-0.3, -0.25) is 0 Å². The topological polar surface area (TPSA) is 4.41 Å². The quantitative estimate of drug-likeness (QED) is 0.548. The summed E-state index contributed by atoms with van der Waals surface area (Å²) in [5, 5.41) is 0. The summed E-state index contributed by atoms with van der Waals surface area (Å²) in [6, 6.07) is 10.3. The smallest absolute Gasteiger partial charge is 0.0449 e. The van der Waals surface area contributed by atoms with E-state index in [1.807, 2.05) is 30.6 Å². The second kappa shape index (κ2) is 2.76. The highest BCUT2D eigenvalue weighted by atomic mass is 35.5. The van der Waals surface area contributed by atoms with Crippen LogP contribution in [-0.4, -0.2) is 4.40 Å². The number of hydrogen-bond donors (Lipinski definition) is 0. The van der Waals surface area contributed by atoms with Gasteiger partial charge in [-0.2, -0.15) is 0 Å². The van der Waals surface area contributed by atoms with E-state index in [1.165, 1.54) is 5.52 Å². The van der Waals surface area contributed by atoms with Gasteiger partial charge in [0.1, 0.15) is 0 Å². The van der Waals surface area contributed by atoms with E-state index >= 15 is 0 Å². The highest BCUT2D eigenvalue weighted by Crippen LogP contribution is 2.01. The molecule has 0 aliphatic heterocycles. The molecule has 0 bridgehead atoms. The predicted octanol–water partition coefficient (Wildman–Crippen LogP) is 2.36. The lowest BCUT2D eigenvalue weighted by Crippen LogP contribution is -1.75. The number of pyridine rings is 1. The van der Waals surface area contributed by atoms with E-state index in [1.54, 1.807) is 0 Å². The van der Waals surface area contributed by atoms with Crippen molar-refractivity contribution in [1.29, 1.82) is 0 Å². The van der Waals surface area contributed by atoms with Crippen molar-refractivity contribution in [3.8, 4) is 0 Å². The molecule has 2 aromatic rings. The normalized spacial score (nSPS) is 9.20. The minimum absolute atomic E-state index is 0. The Hall–Kier alpha value is -0.950. The summed E-state index contributed by atoms with van der Waals surface area (Å²) in [5.41, 5.74) is 1.25. The van der Waals surface area contributed by atoms with Crippen molar-refractivity contribution in [2.45, 2.75) is 0 Å². The summed E-state index contributed by atoms with van der Waals surface area (Å²) in [5.74, 6) is 0. The van der Waals surface area contributed by atoms with Gasteiger partial charge in [-0.1, -0.05) is 6.07 Å². The molecule has 0 spiro atoms. The molecule has 52 valence electrons. The molecule has 0 radical (unpaired) electrons. The molecular formula is C8H8ClN. The van der Waals surface area contributed by atoms with Gasteiger partial charge in [0.05, 0.1) is 0 Å². The van der Waals surface area contributed by atoms with E-state index in [2.05, 4.69) is 16.5 Å². The van der Waals surface area contributed by atoms with Gasteiger partial charge in [0.15, 0.2) is 0 Å². The Balaban J connectivity index is 0.000000500. The van der Waals surface area contributed by atoms with Crippen LogP contribution in [0.15, 0.2) is 42.7 Å². The molecule has 0 amide bonds. The third-order valence-corrected chi connectivity index (χ3v) is 1.44. The molecule has 0 N–H and O–H groups in total. The highest BCUT2D eigenvalue weighted by Gasteiger charge is 1.83. The second-order valence-electron chi connectivity index (χ2n) is 2.04. The van der Waals surface area contributed by atoms with Crippen LogP contribution in [0.2, 0.25) is 0 Å². The van der Waals surface area contributed by atoms with Gasteiger partial charge in [0.25, 0.3) is 0 Å². The van der Waals surface area contributed by atoms with E-state index in [0.717, 1.165) is 0 Å². The molecule has 0 aromatic carbocycles. The lowest BCUT2D eigenvalue weighted by molar-refractivity contribution is 1.20. The van der Waals surface area contributed by atoms with Crippen LogP contribution in [0.1, 0.15) is 0 Å². The van der Waals surface area contributed by atoms with Crippen molar-refractivity contribution < 1.29 is 0 Å². The van der Waals surface area contributed by atoms with Gasteiger partial charge >= 0.3 is 0 Å². The predicted molar refractivity (Wildman–Crippen MR) is 44.6 cm³/mol. The molecular weight excluding hydrogens is 146 g/mol. The first-order valence-electron chi connectivity index (χ1n) is 2.98. The first-order chi connectivity index (χ1) is 4.47. The molecule has 0 atom stereocenters. The minimum Gasteiger partial charge on any atom is -0.324 e.